The van der Waals surface area contributed by atoms with Crippen LogP contribution in [0.3, 0.4) is 0 Å². The average molecular weight is 366 g/mol. The van der Waals surface area contributed by atoms with Crippen molar-refractivity contribution in [3.8, 4) is 5.82 Å². The van der Waals surface area contributed by atoms with Crippen molar-refractivity contribution in [3.05, 3.63) is 60.7 Å². The molecule has 138 valence electrons. The number of nitrogens with zero attached hydrogens (tertiary/aromatic N) is 5. The van der Waals surface area contributed by atoms with E-state index in [2.05, 4.69) is 20.5 Å². The lowest BCUT2D eigenvalue weighted by atomic mass is 10.0. The Kier molecular flexibility index (Phi) is 4.65. The van der Waals surface area contributed by atoms with Crippen LogP contribution in [0.5, 0.6) is 0 Å². The number of hydrogen-bond donors (Lipinski definition) is 1. The lowest BCUT2D eigenvalue weighted by molar-refractivity contribution is 0.0647. The summed E-state index contributed by atoms with van der Waals surface area (Å²) in [6, 6.07) is 6.54. The molecular weight excluding hydrogens is 348 g/mol. The van der Waals surface area contributed by atoms with Crippen LogP contribution >= 0.6 is 0 Å². The maximum Gasteiger partial charge on any atom is 0.289 e. The SMILES string of the molecule is O=C(N[C@H]1CCCN(C(=O)c2ccco2)C1)c1ccnc(-n2cnnc2)c1. The topological polar surface area (TPSA) is 106 Å². The van der Waals surface area contributed by atoms with Gasteiger partial charge < -0.3 is 14.6 Å². The van der Waals surface area contributed by atoms with E-state index in [0.29, 0.717) is 30.2 Å². The first-order valence-corrected chi connectivity index (χ1v) is 8.65. The molecule has 3 aromatic heterocycles. The molecule has 9 nitrogen and oxygen atoms in total. The summed E-state index contributed by atoms with van der Waals surface area (Å²) in [5.74, 6) is 0.516. The molecule has 0 aromatic carbocycles. The number of furan rings is 1. The summed E-state index contributed by atoms with van der Waals surface area (Å²) >= 11 is 0. The van der Waals surface area contributed by atoms with Crippen LogP contribution in [0, 0.1) is 0 Å². The van der Waals surface area contributed by atoms with E-state index in [1.807, 2.05) is 0 Å². The van der Waals surface area contributed by atoms with Crippen molar-refractivity contribution in [2.24, 2.45) is 0 Å². The van der Waals surface area contributed by atoms with Gasteiger partial charge in [0.05, 0.1) is 6.26 Å². The summed E-state index contributed by atoms with van der Waals surface area (Å²) in [5.41, 5.74) is 0.489. The molecule has 2 amide bonds. The second-order valence-electron chi connectivity index (χ2n) is 6.31. The fraction of sp³-hybridized carbons (Fsp3) is 0.278. The fourth-order valence-electron chi connectivity index (χ4n) is 3.12. The number of nitrogens with one attached hydrogen (secondary N) is 1. The Morgan fingerprint density at radius 1 is 1.22 bits per heavy atom. The highest BCUT2D eigenvalue weighted by atomic mass is 16.3. The molecule has 1 N–H and O–H groups in total. The van der Waals surface area contributed by atoms with Gasteiger partial charge in [0.1, 0.15) is 18.5 Å². The van der Waals surface area contributed by atoms with E-state index in [9.17, 15) is 9.59 Å². The molecule has 4 rings (SSSR count). The van der Waals surface area contributed by atoms with Gasteiger partial charge in [0, 0.05) is 30.9 Å². The molecule has 1 fully saturated rings. The predicted octanol–water partition coefficient (Wildman–Crippen LogP) is 1.29. The molecule has 0 saturated carbocycles. The number of amides is 2. The summed E-state index contributed by atoms with van der Waals surface area (Å²) in [5, 5.41) is 10.5. The van der Waals surface area contributed by atoms with E-state index in [4.69, 9.17) is 4.42 Å². The number of carbonyl (C=O) groups is 2. The van der Waals surface area contributed by atoms with Crippen LogP contribution in [0.1, 0.15) is 33.8 Å². The summed E-state index contributed by atoms with van der Waals surface area (Å²) in [4.78, 5) is 31.0. The van der Waals surface area contributed by atoms with Gasteiger partial charge in [-0.25, -0.2) is 4.98 Å². The van der Waals surface area contributed by atoms with Crippen LogP contribution in [0.15, 0.2) is 53.8 Å². The summed E-state index contributed by atoms with van der Waals surface area (Å²) in [6.45, 7) is 1.10. The van der Waals surface area contributed by atoms with E-state index in [0.717, 1.165) is 12.8 Å². The van der Waals surface area contributed by atoms with Crippen molar-refractivity contribution < 1.29 is 14.0 Å². The summed E-state index contributed by atoms with van der Waals surface area (Å²) in [6.07, 6.45) is 7.72. The van der Waals surface area contributed by atoms with Gasteiger partial charge in [-0.2, -0.15) is 0 Å². The molecule has 1 aliphatic heterocycles. The second-order valence-corrected chi connectivity index (χ2v) is 6.31. The molecule has 0 bridgehead atoms. The number of hydrogen-bond acceptors (Lipinski definition) is 6. The predicted molar refractivity (Wildman–Crippen MR) is 94.3 cm³/mol. The molecule has 0 spiro atoms. The highest BCUT2D eigenvalue weighted by Gasteiger charge is 2.27. The molecule has 4 heterocycles. The van der Waals surface area contributed by atoms with E-state index >= 15 is 0 Å². The van der Waals surface area contributed by atoms with Crippen molar-refractivity contribution in [3.63, 3.8) is 0 Å². The number of rotatable bonds is 4. The van der Waals surface area contributed by atoms with Gasteiger partial charge in [0.15, 0.2) is 5.76 Å². The Balaban J connectivity index is 1.42. The third-order valence-electron chi connectivity index (χ3n) is 4.47. The highest BCUT2D eigenvalue weighted by Crippen LogP contribution is 2.15. The summed E-state index contributed by atoms with van der Waals surface area (Å²) < 4.78 is 6.81. The molecule has 0 aliphatic carbocycles. The first-order chi connectivity index (χ1) is 13.2. The van der Waals surface area contributed by atoms with Crippen LogP contribution in [0.2, 0.25) is 0 Å². The minimum absolute atomic E-state index is 0.114. The molecule has 27 heavy (non-hydrogen) atoms. The van der Waals surface area contributed by atoms with Crippen LogP contribution in [0.25, 0.3) is 5.82 Å². The van der Waals surface area contributed by atoms with Crippen molar-refractivity contribution in [1.82, 2.24) is 30.0 Å². The normalized spacial score (nSPS) is 16.9. The zero-order valence-corrected chi connectivity index (χ0v) is 14.5. The third kappa shape index (κ3) is 3.71. The maximum absolute atomic E-state index is 12.6. The van der Waals surface area contributed by atoms with E-state index in [1.165, 1.54) is 18.9 Å². The Labute approximate surface area is 155 Å². The monoisotopic (exact) mass is 366 g/mol. The number of aromatic nitrogens is 4. The number of piperidine rings is 1. The van der Waals surface area contributed by atoms with Gasteiger partial charge in [-0.3, -0.25) is 14.2 Å². The first-order valence-electron chi connectivity index (χ1n) is 8.65. The maximum atomic E-state index is 12.6. The molecular formula is C18H18N6O3. The van der Waals surface area contributed by atoms with Crippen molar-refractivity contribution >= 4 is 11.8 Å². The minimum Gasteiger partial charge on any atom is -0.459 e. The van der Waals surface area contributed by atoms with Crippen LogP contribution in [0.4, 0.5) is 0 Å². The molecule has 1 saturated heterocycles. The molecule has 0 radical (unpaired) electrons. The third-order valence-corrected chi connectivity index (χ3v) is 4.47. The zero-order chi connectivity index (χ0) is 18.6. The Morgan fingerprint density at radius 3 is 2.85 bits per heavy atom. The zero-order valence-electron chi connectivity index (χ0n) is 14.5. The fourth-order valence-corrected chi connectivity index (χ4v) is 3.12. The lowest BCUT2D eigenvalue weighted by Crippen LogP contribution is -2.49. The highest BCUT2D eigenvalue weighted by molar-refractivity contribution is 5.95. The molecule has 0 unspecified atom stereocenters. The average Bonchev–Trinajstić information content (AvgIpc) is 3.42. The van der Waals surface area contributed by atoms with Crippen molar-refractivity contribution in [2.75, 3.05) is 13.1 Å². The van der Waals surface area contributed by atoms with Gasteiger partial charge >= 0.3 is 0 Å². The Bertz CT molecular complexity index is 922. The molecule has 1 atom stereocenters. The van der Waals surface area contributed by atoms with Gasteiger partial charge in [-0.05, 0) is 37.1 Å². The number of likely N-dealkylation sites (tertiary alicyclic amines) is 1. The van der Waals surface area contributed by atoms with Crippen LogP contribution < -0.4 is 5.32 Å². The van der Waals surface area contributed by atoms with E-state index in [1.54, 1.807) is 39.9 Å². The minimum atomic E-state index is -0.205. The smallest absolute Gasteiger partial charge is 0.289 e. The quantitative estimate of drug-likeness (QED) is 0.746. The molecule has 1 aliphatic rings. The lowest BCUT2D eigenvalue weighted by Gasteiger charge is -2.32. The Morgan fingerprint density at radius 2 is 2.07 bits per heavy atom. The van der Waals surface area contributed by atoms with Gasteiger partial charge in [-0.1, -0.05) is 0 Å². The van der Waals surface area contributed by atoms with Gasteiger partial charge in [-0.15, -0.1) is 10.2 Å². The van der Waals surface area contributed by atoms with E-state index in [-0.39, 0.29) is 17.9 Å². The standard InChI is InChI=1S/C18H18N6O3/c25-17(13-5-6-19-16(9-13)24-11-20-21-12-24)22-14-3-1-7-23(10-14)18(26)15-4-2-8-27-15/h2,4-6,8-9,11-12,14H,1,3,7,10H2,(H,22,25)/t14-/m0/s1. The van der Waals surface area contributed by atoms with Crippen LogP contribution in [-0.2, 0) is 0 Å². The number of pyridine rings is 1. The first kappa shape index (κ1) is 17.0. The number of carbonyl (C=O) groups excluding carboxylic acids is 2. The van der Waals surface area contributed by atoms with Gasteiger partial charge in [0.2, 0.25) is 0 Å². The second kappa shape index (κ2) is 7.40. The largest absolute Gasteiger partial charge is 0.459 e. The van der Waals surface area contributed by atoms with Crippen molar-refractivity contribution in [2.45, 2.75) is 18.9 Å². The Hall–Kier alpha value is -3.49. The van der Waals surface area contributed by atoms with Gasteiger partial charge in [0.25, 0.3) is 11.8 Å². The van der Waals surface area contributed by atoms with E-state index < -0.39 is 0 Å². The molecule has 9 heteroatoms. The molecule has 3 aromatic rings. The van der Waals surface area contributed by atoms with Crippen LogP contribution in [-0.4, -0.2) is 55.6 Å². The summed E-state index contributed by atoms with van der Waals surface area (Å²) in [7, 11) is 0. The van der Waals surface area contributed by atoms with Crippen molar-refractivity contribution in [1.29, 1.82) is 0 Å².